The molecule has 2 heterocycles. The molecule has 1 N–H and O–H groups in total. The van der Waals surface area contributed by atoms with E-state index in [9.17, 15) is 14.3 Å². The van der Waals surface area contributed by atoms with Crippen LogP contribution in [0.15, 0.2) is 30.7 Å². The number of hydrogen-bond donors (Lipinski definition) is 1. The van der Waals surface area contributed by atoms with E-state index in [0.717, 1.165) is 43.4 Å². The highest BCUT2D eigenvalue weighted by atomic mass is 19.1. The number of aliphatic hydroxyl groups excluding tert-OH is 1. The third-order valence-corrected chi connectivity index (χ3v) is 8.37. The van der Waals surface area contributed by atoms with Crippen molar-refractivity contribution >= 4 is 6.29 Å². The number of benzene rings is 1. The third-order valence-electron chi connectivity index (χ3n) is 8.37. The number of carbonyl (C=O) groups excluding carboxylic acids is 1. The molecule has 4 aliphatic carbocycles. The van der Waals surface area contributed by atoms with E-state index in [2.05, 4.69) is 4.98 Å². The minimum Gasteiger partial charge on any atom is -0.392 e. The number of aromatic nitrogens is 2. The van der Waals surface area contributed by atoms with Crippen molar-refractivity contribution in [1.82, 2.24) is 9.55 Å². The highest BCUT2D eigenvalue weighted by Gasteiger charge is 2.58. The van der Waals surface area contributed by atoms with E-state index in [1.54, 1.807) is 18.6 Å². The molecule has 4 saturated carbocycles. The van der Waals surface area contributed by atoms with Crippen LogP contribution in [0.1, 0.15) is 50.1 Å². The molecule has 7 rings (SSSR count). The summed E-state index contributed by atoms with van der Waals surface area (Å²) < 4.78 is 16.8. The highest BCUT2D eigenvalue weighted by molar-refractivity contribution is 5.69. The largest absolute Gasteiger partial charge is 0.392 e. The third kappa shape index (κ3) is 2.14. The van der Waals surface area contributed by atoms with Gasteiger partial charge in [-0.3, -0.25) is 0 Å². The zero-order valence-electron chi connectivity index (χ0n) is 15.8. The lowest BCUT2D eigenvalue weighted by Crippen LogP contribution is -2.56. The summed E-state index contributed by atoms with van der Waals surface area (Å²) in [6.45, 7) is 0. The van der Waals surface area contributed by atoms with Crippen molar-refractivity contribution < 1.29 is 14.3 Å². The van der Waals surface area contributed by atoms with Gasteiger partial charge in [0.2, 0.25) is 0 Å². The SMILES string of the molecule is O=CC1C2CC3CC1CC(C(O)CC1c4c(F)cccc4-c4cncn41)(C3)C2. The van der Waals surface area contributed by atoms with E-state index in [4.69, 9.17) is 0 Å². The van der Waals surface area contributed by atoms with Gasteiger partial charge in [-0.1, -0.05) is 12.1 Å². The molecular formula is C23H25FN2O2. The predicted octanol–water partition coefficient (Wildman–Crippen LogP) is 3.98. The lowest BCUT2D eigenvalue weighted by molar-refractivity contribution is -0.156. The number of hydrogen-bond acceptors (Lipinski definition) is 3. The quantitative estimate of drug-likeness (QED) is 0.816. The first kappa shape index (κ1) is 16.9. The zero-order chi connectivity index (χ0) is 19.0. The molecule has 2 aromatic rings. The van der Waals surface area contributed by atoms with E-state index in [-0.39, 0.29) is 23.2 Å². The molecule has 0 spiro atoms. The van der Waals surface area contributed by atoms with Crippen molar-refractivity contribution in [2.75, 3.05) is 0 Å². The molecule has 5 heteroatoms. The second-order valence-electron chi connectivity index (χ2n) is 9.70. The van der Waals surface area contributed by atoms with Gasteiger partial charge in [-0.05, 0) is 67.8 Å². The molecule has 146 valence electrons. The van der Waals surface area contributed by atoms with Crippen LogP contribution < -0.4 is 0 Å². The van der Waals surface area contributed by atoms with Gasteiger partial charge in [-0.15, -0.1) is 0 Å². The lowest BCUT2D eigenvalue weighted by Gasteiger charge is -2.60. The molecule has 4 bridgehead atoms. The normalized spacial score (nSPS) is 38.3. The van der Waals surface area contributed by atoms with E-state index >= 15 is 0 Å². The van der Waals surface area contributed by atoms with Crippen LogP contribution in [0.2, 0.25) is 0 Å². The lowest BCUT2D eigenvalue weighted by atomic mass is 9.45. The fourth-order valence-corrected chi connectivity index (χ4v) is 7.45. The van der Waals surface area contributed by atoms with Crippen molar-refractivity contribution in [3.8, 4) is 11.3 Å². The molecular weight excluding hydrogens is 355 g/mol. The van der Waals surface area contributed by atoms with Crippen molar-refractivity contribution in [3.63, 3.8) is 0 Å². The number of halogens is 1. The van der Waals surface area contributed by atoms with Crippen molar-refractivity contribution in [2.45, 2.75) is 50.7 Å². The Kier molecular flexibility index (Phi) is 3.47. The molecule has 0 saturated heterocycles. The maximum absolute atomic E-state index is 14.7. The number of nitrogens with zero attached hydrogens (tertiary/aromatic N) is 2. The standard InChI is InChI=1S/C23H25FN2O2/c24-18-3-1-2-16-20-10-25-12-26(20)19(22(16)18)6-21(28)23-7-13-4-14(8-23)17(11-27)15(5-13)9-23/h1-3,10-15,17,19,21,28H,4-9H2. The van der Waals surface area contributed by atoms with E-state index < -0.39 is 6.10 Å². The van der Waals surface area contributed by atoms with Crippen molar-refractivity contribution in [1.29, 1.82) is 0 Å². The summed E-state index contributed by atoms with van der Waals surface area (Å²) in [5, 5.41) is 11.5. The number of aldehydes is 1. The average Bonchev–Trinajstić information content (AvgIpc) is 3.25. The zero-order valence-corrected chi connectivity index (χ0v) is 15.8. The Balaban J connectivity index is 1.34. The van der Waals surface area contributed by atoms with Gasteiger partial charge in [-0.2, -0.15) is 0 Å². The van der Waals surface area contributed by atoms with Crippen LogP contribution in [0.4, 0.5) is 4.39 Å². The summed E-state index contributed by atoms with van der Waals surface area (Å²) in [6.07, 6.45) is 9.96. The summed E-state index contributed by atoms with van der Waals surface area (Å²) in [5.41, 5.74) is 2.40. The van der Waals surface area contributed by atoms with Gasteiger partial charge >= 0.3 is 0 Å². The molecule has 5 aliphatic rings. The Hall–Kier alpha value is -2.01. The van der Waals surface area contributed by atoms with Crippen LogP contribution in [0.3, 0.4) is 0 Å². The summed E-state index contributed by atoms with van der Waals surface area (Å²) in [6, 6.07) is 4.98. The molecule has 1 aromatic carbocycles. The number of rotatable bonds is 4. The Morgan fingerprint density at radius 2 is 2.07 bits per heavy atom. The molecule has 1 aliphatic heterocycles. The van der Waals surface area contributed by atoms with Crippen molar-refractivity contribution in [2.24, 2.45) is 29.1 Å². The second kappa shape index (κ2) is 5.76. The van der Waals surface area contributed by atoms with E-state index in [1.165, 1.54) is 12.4 Å². The smallest absolute Gasteiger partial charge is 0.129 e. The predicted molar refractivity (Wildman–Crippen MR) is 102 cm³/mol. The van der Waals surface area contributed by atoms with Gasteiger partial charge < -0.3 is 14.5 Å². The fraction of sp³-hybridized carbons (Fsp3) is 0.565. The number of aliphatic hydroxyl groups is 1. The first-order valence-electron chi connectivity index (χ1n) is 10.5. The minimum absolute atomic E-state index is 0.106. The Labute approximate surface area is 163 Å². The molecule has 1 aromatic heterocycles. The molecule has 0 radical (unpaired) electrons. The van der Waals surface area contributed by atoms with E-state index in [1.807, 2.05) is 10.6 Å². The summed E-state index contributed by atoms with van der Waals surface area (Å²) in [5.74, 6) is 1.47. The van der Waals surface area contributed by atoms with Gasteiger partial charge in [0.15, 0.2) is 0 Å². The topological polar surface area (TPSA) is 55.1 Å². The maximum Gasteiger partial charge on any atom is 0.129 e. The Morgan fingerprint density at radius 3 is 2.82 bits per heavy atom. The highest BCUT2D eigenvalue weighted by Crippen LogP contribution is 2.64. The minimum atomic E-state index is -0.487. The second-order valence-corrected chi connectivity index (χ2v) is 9.70. The van der Waals surface area contributed by atoms with Crippen LogP contribution in [-0.4, -0.2) is 27.0 Å². The van der Waals surface area contributed by atoms with Crippen LogP contribution in [0.25, 0.3) is 11.3 Å². The molecule has 0 amide bonds. The van der Waals surface area contributed by atoms with Gasteiger partial charge in [-0.25, -0.2) is 9.37 Å². The Morgan fingerprint density at radius 1 is 1.29 bits per heavy atom. The van der Waals surface area contributed by atoms with Gasteiger partial charge in [0.1, 0.15) is 12.1 Å². The van der Waals surface area contributed by atoms with Gasteiger partial charge in [0, 0.05) is 17.0 Å². The van der Waals surface area contributed by atoms with E-state index in [0.29, 0.717) is 29.7 Å². The summed E-state index contributed by atoms with van der Waals surface area (Å²) in [4.78, 5) is 15.9. The van der Waals surface area contributed by atoms with Crippen LogP contribution in [0.5, 0.6) is 0 Å². The maximum atomic E-state index is 14.7. The monoisotopic (exact) mass is 380 g/mol. The fourth-order valence-electron chi connectivity index (χ4n) is 7.45. The molecule has 28 heavy (non-hydrogen) atoms. The van der Waals surface area contributed by atoms with Gasteiger partial charge in [0.05, 0.1) is 30.4 Å². The number of carbonyl (C=O) groups is 1. The summed E-state index contributed by atoms with van der Waals surface area (Å²) in [7, 11) is 0. The molecule has 4 fully saturated rings. The average molecular weight is 380 g/mol. The van der Waals surface area contributed by atoms with Gasteiger partial charge in [0.25, 0.3) is 0 Å². The first-order chi connectivity index (χ1) is 13.6. The number of fused-ring (bicyclic) bond motifs is 3. The van der Waals surface area contributed by atoms with Crippen LogP contribution >= 0.6 is 0 Å². The number of imidazole rings is 1. The first-order valence-corrected chi connectivity index (χ1v) is 10.5. The Bertz CT molecular complexity index is 938. The molecule has 4 nitrogen and oxygen atoms in total. The molecule has 4 unspecified atom stereocenters. The molecule has 4 atom stereocenters. The van der Waals surface area contributed by atoms with Crippen molar-refractivity contribution in [3.05, 3.63) is 42.1 Å². The van der Waals surface area contributed by atoms with Crippen LogP contribution in [0, 0.1) is 34.9 Å². The van der Waals surface area contributed by atoms with Crippen LogP contribution in [-0.2, 0) is 4.79 Å². The summed E-state index contributed by atoms with van der Waals surface area (Å²) >= 11 is 0.